The molecule has 0 unspecified atom stereocenters. The second-order valence-electron chi connectivity index (χ2n) is 9.94. The van der Waals surface area contributed by atoms with Gasteiger partial charge in [0.2, 0.25) is 0 Å². The lowest BCUT2D eigenvalue weighted by Gasteiger charge is -2.49. The zero-order valence-corrected chi connectivity index (χ0v) is 20.8. The van der Waals surface area contributed by atoms with Crippen molar-refractivity contribution < 1.29 is 9.53 Å². The molecule has 1 amide bonds. The smallest absolute Gasteiger partial charge is 0.254 e. The van der Waals surface area contributed by atoms with Gasteiger partial charge in [0.15, 0.2) is 0 Å². The normalized spacial score (nSPS) is 21.7. The van der Waals surface area contributed by atoms with Crippen LogP contribution in [0.1, 0.15) is 66.0 Å². The summed E-state index contributed by atoms with van der Waals surface area (Å²) >= 11 is 0. The Kier molecular flexibility index (Phi) is 7.02. The molecule has 3 aromatic rings. The van der Waals surface area contributed by atoms with Crippen molar-refractivity contribution in [2.24, 2.45) is 0 Å². The molecule has 2 aromatic carbocycles. The first-order valence-corrected chi connectivity index (χ1v) is 12.9. The molecular formula is C29H36N4O2. The third-order valence-electron chi connectivity index (χ3n) is 7.66. The Morgan fingerprint density at radius 2 is 1.97 bits per heavy atom. The second kappa shape index (κ2) is 10.3. The number of nitrogens with one attached hydrogen (secondary N) is 1. The SMILES string of the molecule is CCN(C(=O)c1cccc(Cn2ccnc2C)c1)[C@H]1C[C@H](c2ccccc2)OC2(CCNCC2)C1. The molecule has 0 radical (unpaired) electrons. The molecule has 0 aliphatic carbocycles. The van der Waals surface area contributed by atoms with E-state index in [0.717, 1.165) is 55.7 Å². The van der Waals surface area contributed by atoms with Gasteiger partial charge < -0.3 is 19.5 Å². The Morgan fingerprint density at radius 1 is 1.17 bits per heavy atom. The summed E-state index contributed by atoms with van der Waals surface area (Å²) < 4.78 is 8.92. The number of benzene rings is 2. The minimum Gasteiger partial charge on any atom is -0.367 e. The van der Waals surface area contributed by atoms with Crippen LogP contribution in [0, 0.1) is 6.92 Å². The Balaban J connectivity index is 1.40. The van der Waals surface area contributed by atoms with Crippen molar-refractivity contribution in [2.75, 3.05) is 19.6 Å². The van der Waals surface area contributed by atoms with Gasteiger partial charge in [-0.05, 0) is 75.9 Å². The number of piperidine rings is 1. The number of rotatable bonds is 6. The molecular weight excluding hydrogens is 436 g/mol. The molecule has 184 valence electrons. The molecule has 2 aliphatic rings. The van der Waals surface area contributed by atoms with Crippen LogP contribution in [-0.4, -0.2) is 51.6 Å². The molecule has 35 heavy (non-hydrogen) atoms. The topological polar surface area (TPSA) is 59.4 Å². The van der Waals surface area contributed by atoms with Gasteiger partial charge in [0.25, 0.3) is 5.91 Å². The van der Waals surface area contributed by atoms with Gasteiger partial charge in [0.05, 0.1) is 11.7 Å². The average molecular weight is 473 g/mol. The molecule has 2 aliphatic heterocycles. The molecule has 3 heterocycles. The summed E-state index contributed by atoms with van der Waals surface area (Å²) in [6.07, 6.45) is 7.49. The van der Waals surface area contributed by atoms with E-state index in [1.807, 2.05) is 43.6 Å². The first-order valence-electron chi connectivity index (χ1n) is 12.9. The van der Waals surface area contributed by atoms with Gasteiger partial charge in [-0.2, -0.15) is 0 Å². The van der Waals surface area contributed by atoms with Gasteiger partial charge in [-0.15, -0.1) is 0 Å². The molecule has 1 spiro atoms. The van der Waals surface area contributed by atoms with E-state index in [9.17, 15) is 4.79 Å². The number of aryl methyl sites for hydroxylation is 1. The molecule has 5 rings (SSSR count). The Morgan fingerprint density at radius 3 is 2.69 bits per heavy atom. The van der Waals surface area contributed by atoms with Crippen LogP contribution in [0.5, 0.6) is 0 Å². The standard InChI is InChI=1S/C29H36N4O2/c1-3-33(28(34)25-11-7-8-23(18-25)21-32-17-16-31-22(32)2)26-19-27(24-9-5-4-6-10-24)35-29(20-26)12-14-30-15-13-29/h4-11,16-18,26-27,30H,3,12-15,19-21H2,1-2H3/t26-,27+/m0/s1. The van der Waals surface area contributed by atoms with Gasteiger partial charge in [-0.25, -0.2) is 4.98 Å². The minimum atomic E-state index is -0.177. The van der Waals surface area contributed by atoms with E-state index < -0.39 is 0 Å². The summed E-state index contributed by atoms with van der Waals surface area (Å²) in [4.78, 5) is 20.3. The van der Waals surface area contributed by atoms with Crippen molar-refractivity contribution >= 4 is 5.91 Å². The summed E-state index contributed by atoms with van der Waals surface area (Å²) in [5.74, 6) is 1.08. The van der Waals surface area contributed by atoms with E-state index in [-0.39, 0.29) is 23.7 Å². The van der Waals surface area contributed by atoms with Crippen LogP contribution in [0.25, 0.3) is 0 Å². The van der Waals surface area contributed by atoms with Crippen molar-refractivity contribution in [1.82, 2.24) is 19.8 Å². The van der Waals surface area contributed by atoms with Gasteiger partial charge in [0.1, 0.15) is 5.82 Å². The number of carbonyl (C=O) groups excluding carboxylic acids is 1. The van der Waals surface area contributed by atoms with Crippen LogP contribution in [0.2, 0.25) is 0 Å². The van der Waals surface area contributed by atoms with Crippen LogP contribution in [-0.2, 0) is 11.3 Å². The highest BCUT2D eigenvalue weighted by Crippen LogP contribution is 2.43. The number of hydrogen-bond acceptors (Lipinski definition) is 4. The third kappa shape index (κ3) is 5.19. The summed E-state index contributed by atoms with van der Waals surface area (Å²) in [7, 11) is 0. The third-order valence-corrected chi connectivity index (χ3v) is 7.66. The van der Waals surface area contributed by atoms with E-state index >= 15 is 0 Å². The molecule has 0 bridgehead atoms. The van der Waals surface area contributed by atoms with E-state index in [1.54, 1.807) is 0 Å². The molecule has 1 N–H and O–H groups in total. The highest BCUT2D eigenvalue weighted by atomic mass is 16.5. The number of imidazole rings is 1. The largest absolute Gasteiger partial charge is 0.367 e. The van der Waals surface area contributed by atoms with Crippen LogP contribution < -0.4 is 5.32 Å². The molecule has 2 atom stereocenters. The fraction of sp³-hybridized carbons (Fsp3) is 0.448. The van der Waals surface area contributed by atoms with Gasteiger partial charge >= 0.3 is 0 Å². The Labute approximate surface area is 208 Å². The molecule has 2 fully saturated rings. The number of nitrogens with zero attached hydrogens (tertiary/aromatic N) is 3. The first-order chi connectivity index (χ1) is 17.1. The summed E-state index contributed by atoms with van der Waals surface area (Å²) in [6, 6.07) is 18.7. The Bertz CT molecular complexity index is 1140. The number of carbonyl (C=O) groups is 1. The summed E-state index contributed by atoms with van der Waals surface area (Å²) in [6.45, 7) is 7.41. The van der Waals surface area contributed by atoms with Gasteiger partial charge in [0, 0.05) is 37.1 Å². The summed E-state index contributed by atoms with van der Waals surface area (Å²) in [5.41, 5.74) is 2.89. The molecule has 2 saturated heterocycles. The lowest BCUT2D eigenvalue weighted by atomic mass is 9.79. The zero-order chi connectivity index (χ0) is 24.3. The summed E-state index contributed by atoms with van der Waals surface area (Å²) in [5, 5.41) is 3.48. The predicted octanol–water partition coefficient (Wildman–Crippen LogP) is 4.74. The van der Waals surface area contributed by atoms with Crippen LogP contribution >= 0.6 is 0 Å². The second-order valence-corrected chi connectivity index (χ2v) is 9.94. The Hall–Kier alpha value is -2.96. The van der Waals surface area contributed by atoms with E-state index in [2.05, 4.69) is 57.0 Å². The zero-order valence-electron chi connectivity index (χ0n) is 20.8. The van der Waals surface area contributed by atoms with Crippen LogP contribution in [0.3, 0.4) is 0 Å². The fourth-order valence-electron chi connectivity index (χ4n) is 5.78. The number of amides is 1. The quantitative estimate of drug-likeness (QED) is 0.563. The van der Waals surface area contributed by atoms with E-state index in [4.69, 9.17) is 4.74 Å². The van der Waals surface area contributed by atoms with Crippen molar-refractivity contribution in [1.29, 1.82) is 0 Å². The predicted molar refractivity (Wildman–Crippen MR) is 137 cm³/mol. The maximum atomic E-state index is 13.9. The minimum absolute atomic E-state index is 0.00505. The fourth-order valence-corrected chi connectivity index (χ4v) is 5.78. The van der Waals surface area contributed by atoms with Crippen LogP contribution in [0.4, 0.5) is 0 Å². The number of aromatic nitrogens is 2. The van der Waals surface area contributed by atoms with Crippen LogP contribution in [0.15, 0.2) is 67.0 Å². The maximum absolute atomic E-state index is 13.9. The van der Waals surface area contributed by atoms with E-state index in [1.165, 1.54) is 5.56 Å². The maximum Gasteiger partial charge on any atom is 0.254 e. The molecule has 6 heteroatoms. The molecule has 6 nitrogen and oxygen atoms in total. The first kappa shape index (κ1) is 23.8. The van der Waals surface area contributed by atoms with Crippen molar-refractivity contribution in [3.8, 4) is 0 Å². The average Bonchev–Trinajstić information content (AvgIpc) is 3.29. The monoisotopic (exact) mass is 472 g/mol. The van der Waals surface area contributed by atoms with E-state index in [0.29, 0.717) is 13.1 Å². The number of ether oxygens (including phenoxy) is 1. The van der Waals surface area contributed by atoms with Crippen molar-refractivity contribution in [3.63, 3.8) is 0 Å². The lowest BCUT2D eigenvalue weighted by Crippen LogP contribution is -2.54. The highest BCUT2D eigenvalue weighted by molar-refractivity contribution is 5.94. The lowest BCUT2D eigenvalue weighted by molar-refractivity contribution is -0.162. The van der Waals surface area contributed by atoms with Crippen molar-refractivity contribution in [3.05, 3.63) is 89.5 Å². The van der Waals surface area contributed by atoms with Gasteiger partial charge in [-0.3, -0.25) is 4.79 Å². The number of hydrogen-bond donors (Lipinski definition) is 1. The molecule has 1 aromatic heterocycles. The van der Waals surface area contributed by atoms with Gasteiger partial charge in [-0.1, -0.05) is 42.5 Å². The molecule has 0 saturated carbocycles. The highest BCUT2D eigenvalue weighted by Gasteiger charge is 2.45. The van der Waals surface area contributed by atoms with Crippen molar-refractivity contribution in [2.45, 2.75) is 63.8 Å².